The molecule has 1 fully saturated rings. The molecule has 90 valence electrons. The van der Waals surface area contributed by atoms with Gasteiger partial charge in [0, 0.05) is 30.8 Å². The zero-order valence-corrected chi connectivity index (χ0v) is 11.3. The van der Waals surface area contributed by atoms with Crippen molar-refractivity contribution in [1.82, 2.24) is 14.6 Å². The summed E-state index contributed by atoms with van der Waals surface area (Å²) in [6.45, 7) is 1.07. The summed E-state index contributed by atoms with van der Waals surface area (Å²) in [5.74, 6) is 1.80. The smallest absolute Gasteiger partial charge is 0.154 e. The fraction of sp³-hybridized carbons (Fsp3) is 0.500. The van der Waals surface area contributed by atoms with E-state index in [0.29, 0.717) is 0 Å². The van der Waals surface area contributed by atoms with E-state index in [1.807, 2.05) is 23.0 Å². The van der Waals surface area contributed by atoms with Crippen LogP contribution < -0.4 is 4.90 Å². The van der Waals surface area contributed by atoms with Crippen LogP contribution in [0.2, 0.25) is 0 Å². The molecule has 0 aromatic carbocycles. The highest BCUT2D eigenvalue weighted by atomic mass is 79.9. The van der Waals surface area contributed by atoms with Gasteiger partial charge in [-0.2, -0.15) is 5.10 Å². The van der Waals surface area contributed by atoms with E-state index in [1.165, 1.54) is 12.8 Å². The summed E-state index contributed by atoms with van der Waals surface area (Å²) in [5.41, 5.74) is 1.07. The van der Waals surface area contributed by atoms with Gasteiger partial charge in [0.25, 0.3) is 0 Å². The fourth-order valence-corrected chi connectivity index (χ4v) is 3.47. The summed E-state index contributed by atoms with van der Waals surface area (Å²) in [6.07, 6.45) is 8.04. The maximum absolute atomic E-state index is 4.46. The fourth-order valence-electron chi connectivity index (χ4n) is 2.41. The van der Waals surface area contributed by atoms with Crippen LogP contribution in [-0.4, -0.2) is 33.0 Å². The predicted molar refractivity (Wildman–Crippen MR) is 71.7 cm³/mol. The molecule has 3 rings (SSSR count). The van der Waals surface area contributed by atoms with Crippen LogP contribution in [0.5, 0.6) is 0 Å². The van der Waals surface area contributed by atoms with Crippen LogP contribution in [0.4, 0.5) is 5.82 Å². The zero-order valence-electron chi connectivity index (χ0n) is 9.75. The molecule has 1 saturated carbocycles. The van der Waals surface area contributed by atoms with Crippen molar-refractivity contribution in [2.24, 2.45) is 5.92 Å². The molecule has 2 aromatic heterocycles. The SMILES string of the molecule is CN(CC1CC(Br)C1)c1nccn2nccc12. The second kappa shape index (κ2) is 4.29. The number of anilines is 1. The van der Waals surface area contributed by atoms with Gasteiger partial charge in [-0.25, -0.2) is 9.50 Å². The van der Waals surface area contributed by atoms with E-state index in [4.69, 9.17) is 0 Å². The number of alkyl halides is 1. The Morgan fingerprint density at radius 1 is 1.47 bits per heavy atom. The molecule has 0 unspecified atom stereocenters. The summed E-state index contributed by atoms with van der Waals surface area (Å²) in [6, 6.07) is 2.01. The van der Waals surface area contributed by atoms with Crippen molar-refractivity contribution in [3.63, 3.8) is 0 Å². The highest BCUT2D eigenvalue weighted by Gasteiger charge is 2.28. The first-order valence-electron chi connectivity index (χ1n) is 5.87. The maximum atomic E-state index is 4.46. The van der Waals surface area contributed by atoms with Gasteiger partial charge in [-0.15, -0.1) is 0 Å². The van der Waals surface area contributed by atoms with Crippen LogP contribution in [0.15, 0.2) is 24.7 Å². The minimum absolute atomic E-state index is 0.722. The molecular formula is C12H15BrN4. The summed E-state index contributed by atoms with van der Waals surface area (Å²) < 4.78 is 1.87. The van der Waals surface area contributed by atoms with Gasteiger partial charge >= 0.3 is 0 Å². The van der Waals surface area contributed by atoms with Crippen LogP contribution in [0.1, 0.15) is 12.8 Å². The first kappa shape index (κ1) is 11.0. The van der Waals surface area contributed by atoms with Gasteiger partial charge in [-0.05, 0) is 24.8 Å². The van der Waals surface area contributed by atoms with Crippen molar-refractivity contribution in [3.8, 4) is 0 Å². The lowest BCUT2D eigenvalue weighted by molar-refractivity contribution is 0.338. The Morgan fingerprint density at radius 3 is 3.06 bits per heavy atom. The Hall–Kier alpha value is -1.10. The van der Waals surface area contributed by atoms with Crippen molar-refractivity contribution < 1.29 is 0 Å². The largest absolute Gasteiger partial charge is 0.358 e. The van der Waals surface area contributed by atoms with Crippen molar-refractivity contribution in [2.45, 2.75) is 17.7 Å². The van der Waals surface area contributed by atoms with Gasteiger partial charge in [0.05, 0.1) is 6.20 Å². The monoisotopic (exact) mass is 294 g/mol. The molecule has 0 saturated heterocycles. The number of fused-ring (bicyclic) bond motifs is 1. The average molecular weight is 295 g/mol. The van der Waals surface area contributed by atoms with Crippen molar-refractivity contribution >= 4 is 27.3 Å². The molecule has 0 amide bonds. The lowest BCUT2D eigenvalue weighted by Gasteiger charge is -2.34. The minimum atomic E-state index is 0.722. The van der Waals surface area contributed by atoms with Crippen molar-refractivity contribution in [3.05, 3.63) is 24.7 Å². The standard InChI is InChI=1S/C12H15BrN4/c1-16(8-9-6-10(13)7-9)12-11-2-3-15-17(11)5-4-14-12/h2-5,9-10H,6-8H2,1H3. The van der Waals surface area contributed by atoms with Crippen molar-refractivity contribution in [2.75, 3.05) is 18.5 Å². The molecule has 0 bridgehead atoms. The summed E-state index contributed by atoms with van der Waals surface area (Å²) >= 11 is 3.63. The molecule has 17 heavy (non-hydrogen) atoms. The first-order chi connectivity index (χ1) is 8.24. The minimum Gasteiger partial charge on any atom is -0.358 e. The first-order valence-corrected chi connectivity index (χ1v) is 6.79. The van der Waals surface area contributed by atoms with E-state index in [0.717, 1.165) is 28.6 Å². The number of aromatic nitrogens is 3. The van der Waals surface area contributed by atoms with Crippen LogP contribution >= 0.6 is 15.9 Å². The Morgan fingerprint density at radius 2 is 2.29 bits per heavy atom. The molecule has 5 heteroatoms. The molecule has 4 nitrogen and oxygen atoms in total. The lowest BCUT2D eigenvalue weighted by Crippen LogP contribution is -2.35. The molecule has 1 aliphatic carbocycles. The molecule has 0 atom stereocenters. The second-order valence-electron chi connectivity index (χ2n) is 4.73. The number of nitrogens with zero attached hydrogens (tertiary/aromatic N) is 4. The van der Waals surface area contributed by atoms with Gasteiger partial charge in [0.2, 0.25) is 0 Å². The van der Waals surface area contributed by atoms with Crippen LogP contribution in [0.25, 0.3) is 5.52 Å². The van der Waals surface area contributed by atoms with Crippen LogP contribution in [0, 0.1) is 5.92 Å². The summed E-state index contributed by atoms with van der Waals surface area (Å²) in [7, 11) is 2.11. The normalized spacial score (nSPS) is 23.6. The topological polar surface area (TPSA) is 33.4 Å². The number of hydrogen-bond acceptors (Lipinski definition) is 3. The molecule has 1 aliphatic rings. The Labute approximate surface area is 109 Å². The van der Waals surface area contributed by atoms with Gasteiger partial charge in [-0.3, -0.25) is 0 Å². The van der Waals surface area contributed by atoms with E-state index >= 15 is 0 Å². The highest BCUT2D eigenvalue weighted by molar-refractivity contribution is 9.09. The second-order valence-corrected chi connectivity index (χ2v) is 6.02. The third-order valence-electron chi connectivity index (χ3n) is 3.38. The molecule has 0 spiro atoms. The van der Waals surface area contributed by atoms with Crippen LogP contribution in [-0.2, 0) is 0 Å². The van der Waals surface area contributed by atoms with E-state index in [1.54, 1.807) is 6.20 Å². The van der Waals surface area contributed by atoms with E-state index in [9.17, 15) is 0 Å². The molecule has 2 aromatic rings. The quantitative estimate of drug-likeness (QED) is 0.815. The average Bonchev–Trinajstić information content (AvgIpc) is 2.74. The number of hydrogen-bond donors (Lipinski definition) is 0. The van der Waals surface area contributed by atoms with Gasteiger partial charge in [0.1, 0.15) is 5.52 Å². The summed E-state index contributed by atoms with van der Waals surface area (Å²) in [4.78, 5) is 7.42. The van der Waals surface area contributed by atoms with Crippen molar-refractivity contribution in [1.29, 1.82) is 0 Å². The molecule has 0 aliphatic heterocycles. The number of rotatable bonds is 3. The maximum Gasteiger partial charge on any atom is 0.154 e. The Kier molecular flexibility index (Phi) is 2.78. The third kappa shape index (κ3) is 2.04. The predicted octanol–water partition coefficient (Wildman–Crippen LogP) is 2.34. The van der Waals surface area contributed by atoms with E-state index in [2.05, 4.69) is 38.0 Å². The molecule has 0 radical (unpaired) electrons. The molecule has 2 heterocycles. The number of halogens is 1. The Bertz CT molecular complexity index is 518. The zero-order chi connectivity index (χ0) is 11.8. The van der Waals surface area contributed by atoms with Crippen LogP contribution in [0.3, 0.4) is 0 Å². The highest BCUT2D eigenvalue weighted by Crippen LogP contribution is 2.34. The molecule has 0 N–H and O–H groups in total. The lowest BCUT2D eigenvalue weighted by atomic mass is 9.85. The van der Waals surface area contributed by atoms with E-state index in [-0.39, 0.29) is 0 Å². The van der Waals surface area contributed by atoms with Gasteiger partial charge in [-0.1, -0.05) is 15.9 Å². The Balaban J connectivity index is 1.80. The summed E-state index contributed by atoms with van der Waals surface area (Å²) in [5, 5.41) is 4.23. The van der Waals surface area contributed by atoms with Gasteiger partial charge < -0.3 is 4.90 Å². The molecular weight excluding hydrogens is 280 g/mol. The van der Waals surface area contributed by atoms with E-state index < -0.39 is 0 Å². The third-order valence-corrected chi connectivity index (χ3v) is 4.12. The van der Waals surface area contributed by atoms with Gasteiger partial charge in [0.15, 0.2) is 5.82 Å².